The number of carbonyl (C=O) groups excluding carboxylic acids is 2. The largest absolute Gasteiger partial charge is 0.350 e. The fourth-order valence-corrected chi connectivity index (χ4v) is 3.92. The number of hydrogen-bond donors (Lipinski definition) is 1. The normalized spacial score (nSPS) is 13.9. The first-order chi connectivity index (χ1) is 14.4. The Kier molecular flexibility index (Phi) is 5.18. The van der Waals surface area contributed by atoms with E-state index in [9.17, 15) is 9.59 Å². The van der Waals surface area contributed by atoms with Gasteiger partial charge in [-0.15, -0.1) is 0 Å². The lowest BCUT2D eigenvalue weighted by molar-refractivity contribution is -0.120. The zero-order valence-corrected chi connectivity index (χ0v) is 17.7. The quantitative estimate of drug-likeness (QED) is 0.558. The monoisotopic (exact) mass is 416 g/mol. The third-order valence-electron chi connectivity index (χ3n) is 5.19. The van der Waals surface area contributed by atoms with Crippen molar-refractivity contribution in [2.24, 2.45) is 0 Å². The van der Waals surface area contributed by atoms with Crippen LogP contribution in [0.15, 0.2) is 72.4 Å². The van der Waals surface area contributed by atoms with Crippen molar-refractivity contribution in [3.05, 3.63) is 99.7 Å². The molecule has 150 valence electrons. The van der Waals surface area contributed by atoms with Gasteiger partial charge in [0.2, 0.25) is 0 Å². The molecule has 0 aromatic heterocycles. The van der Waals surface area contributed by atoms with Crippen LogP contribution in [0.1, 0.15) is 22.3 Å². The summed E-state index contributed by atoms with van der Waals surface area (Å²) in [5.41, 5.74) is 5.45. The molecule has 2 amide bonds. The zero-order valence-electron chi connectivity index (χ0n) is 17.0. The van der Waals surface area contributed by atoms with Crippen molar-refractivity contribution < 1.29 is 9.59 Å². The number of carbonyl (C=O) groups is 2. The van der Waals surface area contributed by atoms with E-state index in [1.54, 1.807) is 6.07 Å². The number of aryl methyl sites for hydroxylation is 3. The molecular formula is C25H21ClN2O2. The minimum absolute atomic E-state index is 0.261. The van der Waals surface area contributed by atoms with Crippen LogP contribution in [0.4, 0.5) is 11.4 Å². The van der Waals surface area contributed by atoms with Gasteiger partial charge in [0.1, 0.15) is 5.70 Å². The second-order valence-corrected chi connectivity index (χ2v) is 7.87. The molecule has 0 radical (unpaired) electrons. The summed E-state index contributed by atoms with van der Waals surface area (Å²) in [4.78, 5) is 28.2. The molecule has 0 atom stereocenters. The lowest BCUT2D eigenvalue weighted by atomic mass is 10.0. The Morgan fingerprint density at radius 2 is 1.53 bits per heavy atom. The van der Waals surface area contributed by atoms with Crippen molar-refractivity contribution in [3.63, 3.8) is 0 Å². The fraction of sp³-hybridized carbons (Fsp3) is 0.120. The van der Waals surface area contributed by atoms with Crippen LogP contribution in [0.5, 0.6) is 0 Å². The second kappa shape index (κ2) is 7.81. The molecule has 0 saturated heterocycles. The molecule has 4 nitrogen and oxygen atoms in total. The molecule has 0 bridgehead atoms. The summed E-state index contributed by atoms with van der Waals surface area (Å²) in [7, 11) is 0. The van der Waals surface area contributed by atoms with Crippen LogP contribution in [0.25, 0.3) is 5.57 Å². The first-order valence-corrected chi connectivity index (χ1v) is 10.0. The average Bonchev–Trinajstić information content (AvgIpc) is 2.95. The lowest BCUT2D eigenvalue weighted by Gasteiger charge is -2.18. The summed E-state index contributed by atoms with van der Waals surface area (Å²) in [6, 6.07) is 20.3. The number of benzene rings is 3. The average molecular weight is 417 g/mol. The van der Waals surface area contributed by atoms with E-state index in [-0.39, 0.29) is 17.5 Å². The third kappa shape index (κ3) is 3.51. The number of halogens is 1. The van der Waals surface area contributed by atoms with E-state index < -0.39 is 0 Å². The molecule has 3 aromatic rings. The SMILES string of the molecule is Cc1ccc(N2C(=O)C(Nc3ccc(Cl)cc3C)=C(c3ccccc3)C2=O)c(C)c1. The molecule has 0 fully saturated rings. The minimum atomic E-state index is -0.375. The van der Waals surface area contributed by atoms with E-state index in [2.05, 4.69) is 5.32 Å². The summed E-state index contributed by atoms with van der Waals surface area (Å²) in [6.07, 6.45) is 0. The molecule has 4 rings (SSSR count). The Hall–Kier alpha value is -3.37. The van der Waals surface area contributed by atoms with E-state index in [1.807, 2.05) is 81.4 Å². The predicted molar refractivity (Wildman–Crippen MR) is 122 cm³/mol. The van der Waals surface area contributed by atoms with Crippen molar-refractivity contribution in [1.82, 2.24) is 0 Å². The highest BCUT2D eigenvalue weighted by molar-refractivity contribution is 6.46. The standard InChI is InChI=1S/C25H21ClN2O2/c1-15-9-12-21(17(3)13-15)28-24(29)22(18-7-5-4-6-8-18)23(25(28)30)27-20-11-10-19(26)14-16(20)2/h4-14,27H,1-3H3. The van der Waals surface area contributed by atoms with Gasteiger partial charge in [-0.05, 0) is 61.7 Å². The fourth-order valence-electron chi connectivity index (χ4n) is 3.70. The van der Waals surface area contributed by atoms with Crippen LogP contribution in [-0.2, 0) is 9.59 Å². The summed E-state index contributed by atoms with van der Waals surface area (Å²) < 4.78 is 0. The highest BCUT2D eigenvalue weighted by atomic mass is 35.5. The van der Waals surface area contributed by atoms with Crippen LogP contribution in [0.2, 0.25) is 5.02 Å². The number of anilines is 2. The lowest BCUT2D eigenvalue weighted by Crippen LogP contribution is -2.33. The Morgan fingerprint density at radius 1 is 0.800 bits per heavy atom. The van der Waals surface area contributed by atoms with E-state index >= 15 is 0 Å². The second-order valence-electron chi connectivity index (χ2n) is 7.44. The highest BCUT2D eigenvalue weighted by Crippen LogP contribution is 2.35. The first-order valence-electron chi connectivity index (χ1n) is 9.65. The van der Waals surface area contributed by atoms with Crippen LogP contribution in [-0.4, -0.2) is 11.8 Å². The molecule has 3 aromatic carbocycles. The minimum Gasteiger partial charge on any atom is -0.350 e. The molecule has 1 heterocycles. The van der Waals surface area contributed by atoms with E-state index in [0.717, 1.165) is 22.4 Å². The summed E-state index contributed by atoms with van der Waals surface area (Å²) >= 11 is 6.07. The molecule has 0 aliphatic carbocycles. The van der Waals surface area contributed by atoms with Gasteiger partial charge >= 0.3 is 0 Å². The number of nitrogens with zero attached hydrogens (tertiary/aromatic N) is 1. The van der Waals surface area contributed by atoms with Gasteiger partial charge < -0.3 is 5.32 Å². The molecule has 5 heteroatoms. The Morgan fingerprint density at radius 3 is 2.20 bits per heavy atom. The van der Waals surface area contributed by atoms with Crippen LogP contribution < -0.4 is 10.2 Å². The van der Waals surface area contributed by atoms with Crippen molar-refractivity contribution in [1.29, 1.82) is 0 Å². The van der Waals surface area contributed by atoms with Crippen molar-refractivity contribution >= 4 is 40.4 Å². The first kappa shape index (κ1) is 19.9. The van der Waals surface area contributed by atoms with Crippen molar-refractivity contribution in [2.75, 3.05) is 10.2 Å². The zero-order chi connectivity index (χ0) is 21.4. The van der Waals surface area contributed by atoms with Gasteiger partial charge in [0, 0.05) is 10.7 Å². The van der Waals surface area contributed by atoms with Gasteiger partial charge in [-0.2, -0.15) is 0 Å². The molecule has 0 unspecified atom stereocenters. The van der Waals surface area contributed by atoms with E-state index in [1.165, 1.54) is 4.90 Å². The van der Waals surface area contributed by atoms with Crippen molar-refractivity contribution in [3.8, 4) is 0 Å². The van der Waals surface area contributed by atoms with Crippen LogP contribution >= 0.6 is 11.6 Å². The Labute approximate surface area is 180 Å². The summed E-state index contributed by atoms with van der Waals surface area (Å²) in [5.74, 6) is -0.715. The smallest absolute Gasteiger partial charge is 0.282 e. The number of amides is 2. The molecule has 30 heavy (non-hydrogen) atoms. The molecule has 1 aliphatic heterocycles. The molecule has 1 aliphatic rings. The maximum absolute atomic E-state index is 13.5. The van der Waals surface area contributed by atoms with Gasteiger partial charge in [0.15, 0.2) is 0 Å². The van der Waals surface area contributed by atoms with E-state index in [0.29, 0.717) is 21.8 Å². The number of nitrogens with one attached hydrogen (secondary N) is 1. The van der Waals surface area contributed by atoms with Gasteiger partial charge in [-0.1, -0.05) is 59.6 Å². The Bertz CT molecular complexity index is 1200. The van der Waals surface area contributed by atoms with Gasteiger partial charge in [0.25, 0.3) is 11.8 Å². The van der Waals surface area contributed by atoms with Gasteiger partial charge in [-0.3, -0.25) is 9.59 Å². The highest BCUT2D eigenvalue weighted by Gasteiger charge is 2.40. The summed E-state index contributed by atoms with van der Waals surface area (Å²) in [5, 5.41) is 3.82. The maximum Gasteiger partial charge on any atom is 0.282 e. The topological polar surface area (TPSA) is 49.4 Å². The summed E-state index contributed by atoms with van der Waals surface area (Å²) in [6.45, 7) is 5.79. The number of rotatable bonds is 4. The molecule has 1 N–H and O–H groups in total. The third-order valence-corrected chi connectivity index (χ3v) is 5.42. The molecule has 0 saturated carbocycles. The number of hydrogen-bond acceptors (Lipinski definition) is 3. The Balaban J connectivity index is 1.85. The van der Waals surface area contributed by atoms with Crippen LogP contribution in [0, 0.1) is 20.8 Å². The number of imide groups is 1. The predicted octanol–water partition coefficient (Wildman–Crippen LogP) is 5.66. The molecule has 0 spiro atoms. The van der Waals surface area contributed by atoms with Gasteiger partial charge in [0.05, 0.1) is 11.3 Å². The van der Waals surface area contributed by atoms with Gasteiger partial charge in [-0.25, -0.2) is 4.90 Å². The van der Waals surface area contributed by atoms with Crippen LogP contribution in [0.3, 0.4) is 0 Å². The maximum atomic E-state index is 13.5. The molecular weight excluding hydrogens is 396 g/mol. The van der Waals surface area contributed by atoms with Crippen molar-refractivity contribution in [2.45, 2.75) is 20.8 Å². The van der Waals surface area contributed by atoms with E-state index in [4.69, 9.17) is 11.6 Å².